The molecule has 19 heavy (non-hydrogen) atoms. The van der Waals surface area contributed by atoms with Crippen molar-refractivity contribution < 1.29 is 42.5 Å². The molecule has 0 atom stereocenters. The SMILES string of the molecule is O=S(=O)([O-])c1cccc2cc3nccnc3cc12.[Na+]. The Labute approximate surface area is 131 Å². The maximum absolute atomic E-state index is 11.2. The maximum atomic E-state index is 11.2. The van der Waals surface area contributed by atoms with Gasteiger partial charge in [-0.25, -0.2) is 8.42 Å². The van der Waals surface area contributed by atoms with Gasteiger partial charge in [0, 0.05) is 17.8 Å². The fourth-order valence-electron chi connectivity index (χ4n) is 1.93. The van der Waals surface area contributed by atoms with E-state index < -0.39 is 10.1 Å². The minimum atomic E-state index is -4.50. The van der Waals surface area contributed by atoms with Crippen molar-refractivity contribution in [2.24, 2.45) is 0 Å². The number of aromatic nitrogens is 2. The van der Waals surface area contributed by atoms with E-state index in [4.69, 9.17) is 0 Å². The smallest absolute Gasteiger partial charge is 0.744 e. The summed E-state index contributed by atoms with van der Waals surface area (Å²) in [5.74, 6) is 0. The molecule has 2 aromatic carbocycles. The summed E-state index contributed by atoms with van der Waals surface area (Å²) in [4.78, 5) is 8.00. The van der Waals surface area contributed by atoms with Crippen molar-refractivity contribution >= 4 is 31.9 Å². The molecule has 0 fully saturated rings. The number of benzene rings is 2. The van der Waals surface area contributed by atoms with Gasteiger partial charge in [0.25, 0.3) is 0 Å². The molecule has 0 N–H and O–H groups in total. The minimum Gasteiger partial charge on any atom is -0.744 e. The molecule has 7 heteroatoms. The molecule has 5 nitrogen and oxygen atoms in total. The number of nitrogens with zero attached hydrogens (tertiary/aromatic N) is 2. The largest absolute Gasteiger partial charge is 1.00 e. The summed E-state index contributed by atoms with van der Waals surface area (Å²) in [7, 11) is -4.50. The monoisotopic (exact) mass is 282 g/mol. The molecule has 3 aromatic rings. The molecule has 0 aliphatic rings. The molecule has 0 unspecified atom stereocenters. The van der Waals surface area contributed by atoms with Gasteiger partial charge in [0.05, 0.1) is 15.9 Å². The van der Waals surface area contributed by atoms with Crippen molar-refractivity contribution in [3.63, 3.8) is 0 Å². The molecule has 1 heterocycles. The van der Waals surface area contributed by atoms with Crippen LogP contribution in [0.4, 0.5) is 0 Å². The van der Waals surface area contributed by atoms with Crippen LogP contribution in [0, 0.1) is 0 Å². The first-order chi connectivity index (χ1) is 8.55. The van der Waals surface area contributed by atoms with Crippen LogP contribution in [0.2, 0.25) is 0 Å². The van der Waals surface area contributed by atoms with Crippen LogP contribution in [-0.2, 0) is 10.1 Å². The van der Waals surface area contributed by atoms with E-state index in [9.17, 15) is 13.0 Å². The van der Waals surface area contributed by atoms with Gasteiger partial charge >= 0.3 is 29.6 Å². The summed E-state index contributed by atoms with van der Waals surface area (Å²) in [6.07, 6.45) is 3.07. The van der Waals surface area contributed by atoms with Gasteiger partial charge < -0.3 is 4.55 Å². The van der Waals surface area contributed by atoms with Gasteiger partial charge in [-0.05, 0) is 23.6 Å². The molecule has 3 rings (SSSR count). The average molecular weight is 282 g/mol. The number of fused-ring (bicyclic) bond motifs is 2. The fraction of sp³-hybridized carbons (Fsp3) is 0. The van der Waals surface area contributed by atoms with Crippen molar-refractivity contribution in [2.45, 2.75) is 4.90 Å². The Morgan fingerprint density at radius 2 is 1.63 bits per heavy atom. The van der Waals surface area contributed by atoms with Gasteiger partial charge in [0.1, 0.15) is 10.1 Å². The second-order valence-corrected chi connectivity index (χ2v) is 5.18. The molecule has 0 aliphatic heterocycles. The molecule has 0 saturated heterocycles. The molecule has 0 saturated carbocycles. The molecule has 0 radical (unpaired) electrons. The van der Waals surface area contributed by atoms with Crippen molar-refractivity contribution in [1.82, 2.24) is 9.97 Å². The van der Waals surface area contributed by atoms with E-state index in [1.54, 1.807) is 24.4 Å². The summed E-state index contributed by atoms with van der Waals surface area (Å²) in [6.45, 7) is 0. The van der Waals surface area contributed by atoms with Crippen LogP contribution in [0.1, 0.15) is 0 Å². The fourth-order valence-corrected chi connectivity index (χ4v) is 2.62. The first-order valence-corrected chi connectivity index (χ1v) is 6.56. The van der Waals surface area contributed by atoms with Gasteiger partial charge in [0.15, 0.2) is 0 Å². The normalized spacial score (nSPS) is 11.4. The van der Waals surface area contributed by atoms with Crippen molar-refractivity contribution in [1.29, 1.82) is 0 Å². The Balaban J connectivity index is 0.00000133. The second kappa shape index (κ2) is 5.15. The molecule has 1 aromatic heterocycles. The molecule has 90 valence electrons. The Kier molecular flexibility index (Phi) is 3.89. The Hall–Kier alpha value is -1.05. The van der Waals surface area contributed by atoms with E-state index >= 15 is 0 Å². The van der Waals surface area contributed by atoms with Gasteiger partial charge in [0.2, 0.25) is 0 Å². The third kappa shape index (κ3) is 2.63. The Morgan fingerprint density at radius 1 is 1.00 bits per heavy atom. The van der Waals surface area contributed by atoms with Crippen LogP contribution in [0.15, 0.2) is 47.6 Å². The van der Waals surface area contributed by atoms with Crippen LogP contribution in [0.3, 0.4) is 0 Å². The topological polar surface area (TPSA) is 83.0 Å². The summed E-state index contributed by atoms with van der Waals surface area (Å²) >= 11 is 0. The maximum Gasteiger partial charge on any atom is 1.00 e. The van der Waals surface area contributed by atoms with Crippen LogP contribution in [-0.4, -0.2) is 22.9 Å². The number of rotatable bonds is 1. The Bertz CT molecular complexity index is 865. The first kappa shape index (κ1) is 14.4. The molecule has 0 bridgehead atoms. The van der Waals surface area contributed by atoms with Crippen molar-refractivity contribution in [3.05, 3.63) is 42.7 Å². The number of hydrogen-bond acceptors (Lipinski definition) is 5. The predicted molar refractivity (Wildman–Crippen MR) is 65.0 cm³/mol. The van der Waals surface area contributed by atoms with Crippen LogP contribution in [0.5, 0.6) is 0 Å². The summed E-state index contributed by atoms with van der Waals surface area (Å²) in [5.41, 5.74) is 1.21. The molecule has 0 amide bonds. The van der Waals surface area contributed by atoms with Crippen molar-refractivity contribution in [2.75, 3.05) is 0 Å². The zero-order valence-electron chi connectivity index (χ0n) is 10.1. The third-order valence-electron chi connectivity index (χ3n) is 2.70. The summed E-state index contributed by atoms with van der Waals surface area (Å²) in [6, 6.07) is 7.86. The van der Waals surface area contributed by atoms with Gasteiger partial charge in [-0.2, -0.15) is 0 Å². The number of hydrogen-bond donors (Lipinski definition) is 0. The van der Waals surface area contributed by atoms with Crippen LogP contribution < -0.4 is 29.6 Å². The Morgan fingerprint density at radius 3 is 2.26 bits per heavy atom. The zero-order valence-corrected chi connectivity index (χ0v) is 12.9. The van der Waals surface area contributed by atoms with E-state index in [1.165, 1.54) is 18.3 Å². The molecule has 0 aliphatic carbocycles. The van der Waals surface area contributed by atoms with Gasteiger partial charge in [-0.1, -0.05) is 12.1 Å². The average Bonchev–Trinajstić information content (AvgIpc) is 2.34. The van der Waals surface area contributed by atoms with E-state index in [2.05, 4.69) is 9.97 Å². The van der Waals surface area contributed by atoms with Crippen molar-refractivity contribution in [3.8, 4) is 0 Å². The summed E-state index contributed by atoms with van der Waals surface area (Å²) < 4.78 is 33.6. The quantitative estimate of drug-likeness (QED) is 0.314. The molecule has 0 spiro atoms. The zero-order chi connectivity index (χ0) is 12.8. The van der Waals surface area contributed by atoms with E-state index in [0.29, 0.717) is 21.8 Å². The summed E-state index contributed by atoms with van der Waals surface area (Å²) in [5, 5.41) is 1.03. The van der Waals surface area contributed by atoms with Crippen LogP contribution >= 0.6 is 0 Å². The molecular weight excluding hydrogens is 275 g/mol. The minimum absolute atomic E-state index is 0. The predicted octanol–water partition coefficient (Wildman–Crippen LogP) is -1.31. The second-order valence-electron chi connectivity index (χ2n) is 3.83. The molecular formula is C12H7N2NaO3S. The first-order valence-electron chi connectivity index (χ1n) is 5.15. The van der Waals surface area contributed by atoms with E-state index in [1.807, 2.05) is 0 Å². The standard InChI is InChI=1S/C12H8N2O3S.Na/c15-18(16,17)12-3-1-2-8-6-10-11(7-9(8)12)14-5-4-13-10;/h1-7H,(H,15,16,17);/q;+1/p-1. The van der Waals surface area contributed by atoms with Crippen LogP contribution in [0.25, 0.3) is 21.8 Å². The van der Waals surface area contributed by atoms with E-state index in [0.717, 1.165) is 0 Å². The van der Waals surface area contributed by atoms with Gasteiger partial charge in [-0.15, -0.1) is 0 Å². The third-order valence-corrected chi connectivity index (χ3v) is 3.59. The van der Waals surface area contributed by atoms with E-state index in [-0.39, 0.29) is 34.5 Å². The van der Waals surface area contributed by atoms with Gasteiger partial charge in [-0.3, -0.25) is 9.97 Å².